The first-order chi connectivity index (χ1) is 8.49. The second-order valence-electron chi connectivity index (χ2n) is 4.36. The summed E-state index contributed by atoms with van der Waals surface area (Å²) in [4.78, 5) is 2.14. The fourth-order valence-electron chi connectivity index (χ4n) is 1.56. The Balaban J connectivity index is 2.31. The molecule has 1 aromatic carbocycles. The molecule has 0 saturated heterocycles. The molecule has 0 spiro atoms. The largest absolute Gasteiger partial charge is 0.492 e. The number of benzene rings is 1. The van der Waals surface area contributed by atoms with Gasteiger partial charge < -0.3 is 10.5 Å². The highest BCUT2D eigenvalue weighted by atomic mass is 79.9. The predicted octanol–water partition coefficient (Wildman–Crippen LogP) is 2.47. The molecule has 0 saturated carbocycles. The number of hydrogen-bond acceptors (Lipinski definition) is 3. The molecule has 3 N–H and O–H groups in total. The number of nitrogens with zero attached hydrogens (tertiary/aromatic N) is 1. The number of halogens is 1. The summed E-state index contributed by atoms with van der Waals surface area (Å²) in [5, 5.41) is 7.27. The van der Waals surface area contributed by atoms with E-state index in [0.717, 1.165) is 16.8 Å². The van der Waals surface area contributed by atoms with Gasteiger partial charge in [0.05, 0.1) is 5.84 Å². The topological polar surface area (TPSA) is 62.3 Å². The van der Waals surface area contributed by atoms with Gasteiger partial charge in [0.1, 0.15) is 12.4 Å². The summed E-state index contributed by atoms with van der Waals surface area (Å²) in [7, 11) is 2.01. The molecular formula is C13H20BrN3O. The van der Waals surface area contributed by atoms with Gasteiger partial charge in [-0.3, -0.25) is 10.3 Å². The van der Waals surface area contributed by atoms with Gasteiger partial charge in [-0.1, -0.05) is 22.0 Å². The number of rotatable bonds is 7. The van der Waals surface area contributed by atoms with E-state index in [-0.39, 0.29) is 11.9 Å². The molecule has 5 heteroatoms. The van der Waals surface area contributed by atoms with E-state index in [1.54, 1.807) is 0 Å². The van der Waals surface area contributed by atoms with Gasteiger partial charge in [-0.25, -0.2) is 0 Å². The molecule has 100 valence electrons. The van der Waals surface area contributed by atoms with Crippen molar-refractivity contribution in [2.45, 2.75) is 19.4 Å². The second-order valence-corrected chi connectivity index (χ2v) is 5.28. The minimum absolute atomic E-state index is 0.224. The van der Waals surface area contributed by atoms with Crippen LogP contribution in [0.5, 0.6) is 5.75 Å². The summed E-state index contributed by atoms with van der Waals surface area (Å²) < 4.78 is 6.67. The number of hydrogen-bond donors (Lipinski definition) is 2. The summed E-state index contributed by atoms with van der Waals surface area (Å²) in [5.41, 5.74) is 5.39. The molecule has 4 nitrogen and oxygen atoms in total. The van der Waals surface area contributed by atoms with Gasteiger partial charge in [-0.05, 0) is 32.2 Å². The van der Waals surface area contributed by atoms with E-state index in [1.807, 2.05) is 31.3 Å². The normalized spacial score (nSPS) is 12.4. The smallest absolute Gasteiger partial charge is 0.120 e. The van der Waals surface area contributed by atoms with Crippen LogP contribution in [0, 0.1) is 5.41 Å². The molecule has 18 heavy (non-hydrogen) atoms. The van der Waals surface area contributed by atoms with E-state index in [1.165, 1.54) is 0 Å². The number of nitrogens with one attached hydrogen (secondary N) is 1. The molecule has 0 heterocycles. The van der Waals surface area contributed by atoms with Crippen LogP contribution in [0.15, 0.2) is 28.7 Å². The third kappa shape index (κ3) is 5.51. The Kier molecular flexibility index (Phi) is 6.15. The van der Waals surface area contributed by atoms with E-state index < -0.39 is 0 Å². The first kappa shape index (κ1) is 15.0. The minimum Gasteiger partial charge on any atom is -0.492 e. The zero-order valence-electron chi connectivity index (χ0n) is 10.8. The molecule has 1 unspecified atom stereocenters. The first-order valence-electron chi connectivity index (χ1n) is 5.90. The van der Waals surface area contributed by atoms with Gasteiger partial charge in [-0.15, -0.1) is 0 Å². The molecule has 1 aromatic rings. The average Bonchev–Trinajstić information content (AvgIpc) is 2.28. The summed E-state index contributed by atoms with van der Waals surface area (Å²) in [6.07, 6.45) is 0.591. The lowest BCUT2D eigenvalue weighted by Gasteiger charge is -2.24. The lowest BCUT2D eigenvalue weighted by molar-refractivity contribution is 0.202. The van der Waals surface area contributed by atoms with E-state index in [9.17, 15) is 0 Å². The van der Waals surface area contributed by atoms with Crippen molar-refractivity contribution in [2.75, 3.05) is 20.2 Å². The SMILES string of the molecule is CC(CC(=N)N)N(C)CCOc1cccc(Br)c1. The lowest BCUT2D eigenvalue weighted by Crippen LogP contribution is -2.35. The third-order valence-electron chi connectivity index (χ3n) is 2.78. The molecule has 0 aliphatic heterocycles. The Morgan fingerprint density at radius 2 is 2.28 bits per heavy atom. The first-order valence-corrected chi connectivity index (χ1v) is 6.70. The van der Waals surface area contributed by atoms with Crippen molar-refractivity contribution in [3.05, 3.63) is 28.7 Å². The summed E-state index contributed by atoms with van der Waals surface area (Å²) in [5.74, 6) is 1.08. The molecule has 0 fully saturated rings. The van der Waals surface area contributed by atoms with Crippen LogP contribution in [0.1, 0.15) is 13.3 Å². The molecule has 0 aromatic heterocycles. The van der Waals surface area contributed by atoms with Crippen LogP contribution in [-0.2, 0) is 0 Å². The second kappa shape index (κ2) is 7.38. The summed E-state index contributed by atoms with van der Waals surface area (Å²) >= 11 is 3.41. The van der Waals surface area contributed by atoms with E-state index in [4.69, 9.17) is 15.9 Å². The zero-order valence-corrected chi connectivity index (χ0v) is 12.4. The molecule has 0 bridgehead atoms. The third-order valence-corrected chi connectivity index (χ3v) is 3.27. The zero-order chi connectivity index (χ0) is 13.5. The van der Waals surface area contributed by atoms with Crippen molar-refractivity contribution in [3.63, 3.8) is 0 Å². The highest BCUT2D eigenvalue weighted by molar-refractivity contribution is 9.10. The summed E-state index contributed by atoms with van der Waals surface area (Å²) in [6, 6.07) is 8.05. The Bertz CT molecular complexity index is 398. The standard InChI is InChI=1S/C13H20BrN3O/c1-10(8-13(15)16)17(2)6-7-18-12-5-3-4-11(14)9-12/h3-5,9-10H,6-8H2,1-2H3,(H3,15,16). The Morgan fingerprint density at radius 3 is 2.89 bits per heavy atom. The molecule has 0 aliphatic carbocycles. The van der Waals surface area contributed by atoms with E-state index >= 15 is 0 Å². The molecule has 1 rings (SSSR count). The van der Waals surface area contributed by atoms with Gasteiger partial charge in [-0.2, -0.15) is 0 Å². The van der Waals surface area contributed by atoms with Gasteiger partial charge in [0.25, 0.3) is 0 Å². The highest BCUT2D eigenvalue weighted by Crippen LogP contribution is 2.17. The van der Waals surface area contributed by atoms with Crippen molar-refractivity contribution >= 4 is 21.8 Å². The number of ether oxygens (including phenoxy) is 1. The van der Waals surface area contributed by atoms with Crippen molar-refractivity contribution in [2.24, 2.45) is 5.73 Å². The molecular weight excluding hydrogens is 294 g/mol. The number of amidine groups is 1. The highest BCUT2D eigenvalue weighted by Gasteiger charge is 2.10. The average molecular weight is 314 g/mol. The van der Waals surface area contributed by atoms with Crippen LogP contribution < -0.4 is 10.5 Å². The van der Waals surface area contributed by atoms with Crippen molar-refractivity contribution in [3.8, 4) is 5.75 Å². The maximum absolute atomic E-state index is 7.27. The van der Waals surface area contributed by atoms with E-state index in [0.29, 0.717) is 13.0 Å². The summed E-state index contributed by atoms with van der Waals surface area (Å²) in [6.45, 7) is 3.48. The van der Waals surface area contributed by atoms with Gasteiger partial charge in [0, 0.05) is 23.5 Å². The predicted molar refractivity (Wildman–Crippen MR) is 78.3 cm³/mol. The Labute approximate surface area is 117 Å². The van der Waals surface area contributed by atoms with Gasteiger partial charge in [0.2, 0.25) is 0 Å². The van der Waals surface area contributed by atoms with Crippen LogP contribution >= 0.6 is 15.9 Å². The maximum atomic E-state index is 7.27. The minimum atomic E-state index is 0.224. The quantitative estimate of drug-likeness (QED) is 0.600. The molecule has 0 aliphatic rings. The van der Waals surface area contributed by atoms with Crippen LogP contribution in [0.2, 0.25) is 0 Å². The maximum Gasteiger partial charge on any atom is 0.120 e. The Morgan fingerprint density at radius 1 is 1.56 bits per heavy atom. The molecule has 0 amide bonds. The van der Waals surface area contributed by atoms with Crippen molar-refractivity contribution in [1.82, 2.24) is 4.90 Å². The van der Waals surface area contributed by atoms with E-state index in [2.05, 4.69) is 27.8 Å². The lowest BCUT2D eigenvalue weighted by atomic mass is 10.2. The molecule has 0 radical (unpaired) electrons. The fraction of sp³-hybridized carbons (Fsp3) is 0.462. The van der Waals surface area contributed by atoms with Crippen molar-refractivity contribution < 1.29 is 4.74 Å². The van der Waals surface area contributed by atoms with Gasteiger partial charge in [0.15, 0.2) is 0 Å². The van der Waals surface area contributed by atoms with Crippen LogP contribution in [0.4, 0.5) is 0 Å². The van der Waals surface area contributed by atoms with Crippen LogP contribution in [-0.4, -0.2) is 37.0 Å². The fourth-order valence-corrected chi connectivity index (χ4v) is 1.94. The van der Waals surface area contributed by atoms with Crippen molar-refractivity contribution in [1.29, 1.82) is 5.41 Å². The van der Waals surface area contributed by atoms with Crippen LogP contribution in [0.3, 0.4) is 0 Å². The number of likely N-dealkylation sites (N-methyl/N-ethyl adjacent to an activating group) is 1. The Hall–Kier alpha value is -1.07. The van der Waals surface area contributed by atoms with Crippen LogP contribution in [0.25, 0.3) is 0 Å². The number of nitrogens with two attached hydrogens (primary N) is 1. The van der Waals surface area contributed by atoms with Gasteiger partial charge >= 0.3 is 0 Å². The molecule has 1 atom stereocenters. The monoisotopic (exact) mass is 313 g/mol.